The minimum Gasteiger partial charge on any atom is -0.208 e. The van der Waals surface area contributed by atoms with Gasteiger partial charge in [-0.3, -0.25) is 0 Å². The Bertz CT molecular complexity index is 1140. The Morgan fingerprint density at radius 3 is 2.16 bits per heavy atom. The van der Waals surface area contributed by atoms with Crippen LogP contribution in [0.5, 0.6) is 0 Å². The van der Waals surface area contributed by atoms with E-state index in [1.807, 2.05) is 19.9 Å². The third kappa shape index (κ3) is 2.33. The number of aromatic nitrogens is 6. The molecular formula is C19H20N6. The van der Waals surface area contributed by atoms with Crippen LogP contribution in [0.1, 0.15) is 28.1 Å². The summed E-state index contributed by atoms with van der Waals surface area (Å²) in [6.07, 6.45) is 0. The summed E-state index contributed by atoms with van der Waals surface area (Å²) < 4.78 is 3.51. The molecule has 3 heterocycles. The fourth-order valence-electron chi connectivity index (χ4n) is 3.46. The van der Waals surface area contributed by atoms with Gasteiger partial charge in [-0.25, -0.2) is 14.6 Å². The molecule has 0 unspecified atom stereocenters. The van der Waals surface area contributed by atoms with Gasteiger partial charge in [-0.05, 0) is 51.8 Å². The van der Waals surface area contributed by atoms with Gasteiger partial charge in [-0.15, -0.1) is 5.10 Å². The Morgan fingerprint density at radius 2 is 1.56 bits per heavy atom. The average Bonchev–Trinajstić information content (AvgIpc) is 3.14. The van der Waals surface area contributed by atoms with E-state index in [-0.39, 0.29) is 0 Å². The molecule has 0 radical (unpaired) electrons. The first-order chi connectivity index (χ1) is 11.8. The largest absolute Gasteiger partial charge is 0.254 e. The van der Waals surface area contributed by atoms with Gasteiger partial charge >= 0.3 is 0 Å². The van der Waals surface area contributed by atoms with Gasteiger partial charge in [-0.2, -0.15) is 9.61 Å². The van der Waals surface area contributed by atoms with Crippen molar-refractivity contribution < 1.29 is 0 Å². The number of hydrogen-bond donors (Lipinski definition) is 0. The van der Waals surface area contributed by atoms with Gasteiger partial charge < -0.3 is 0 Å². The highest BCUT2D eigenvalue weighted by Crippen LogP contribution is 2.26. The molecule has 6 nitrogen and oxygen atoms in total. The smallest absolute Gasteiger partial charge is 0.208 e. The monoisotopic (exact) mass is 332 g/mol. The molecule has 25 heavy (non-hydrogen) atoms. The molecule has 1 aromatic carbocycles. The molecule has 0 atom stereocenters. The van der Waals surface area contributed by atoms with E-state index in [1.54, 1.807) is 9.20 Å². The summed E-state index contributed by atoms with van der Waals surface area (Å²) >= 11 is 0. The first-order valence-corrected chi connectivity index (χ1v) is 8.22. The third-order valence-corrected chi connectivity index (χ3v) is 4.39. The molecule has 0 aliphatic heterocycles. The maximum Gasteiger partial charge on any atom is 0.254 e. The van der Waals surface area contributed by atoms with E-state index in [4.69, 9.17) is 10.1 Å². The van der Waals surface area contributed by atoms with Gasteiger partial charge in [-0.1, -0.05) is 24.3 Å². The zero-order valence-electron chi connectivity index (χ0n) is 15.1. The maximum atomic E-state index is 4.72. The molecule has 0 saturated carbocycles. The van der Waals surface area contributed by atoms with E-state index in [0.717, 1.165) is 28.1 Å². The first-order valence-electron chi connectivity index (χ1n) is 8.22. The molecule has 0 N–H and O–H groups in total. The van der Waals surface area contributed by atoms with Crippen LogP contribution in [0, 0.1) is 34.6 Å². The zero-order chi connectivity index (χ0) is 17.9. The van der Waals surface area contributed by atoms with Gasteiger partial charge in [0.25, 0.3) is 5.95 Å². The molecule has 3 aromatic heterocycles. The lowest BCUT2D eigenvalue weighted by atomic mass is 9.99. The molecule has 0 spiro atoms. The molecule has 6 heteroatoms. The number of rotatable bonds is 2. The average molecular weight is 332 g/mol. The Morgan fingerprint density at radius 1 is 0.880 bits per heavy atom. The van der Waals surface area contributed by atoms with Gasteiger partial charge in [0.15, 0.2) is 11.5 Å². The van der Waals surface area contributed by atoms with Crippen molar-refractivity contribution in [3.8, 4) is 17.3 Å². The molecule has 126 valence electrons. The number of hydrogen-bond acceptors (Lipinski definition) is 4. The first kappa shape index (κ1) is 15.5. The van der Waals surface area contributed by atoms with Gasteiger partial charge in [0.1, 0.15) is 5.35 Å². The lowest BCUT2D eigenvalue weighted by Crippen LogP contribution is -2.07. The minimum absolute atomic E-state index is 0.601. The molecule has 4 rings (SSSR count). The molecule has 0 aliphatic carbocycles. The number of benzene rings is 1. The van der Waals surface area contributed by atoms with E-state index in [1.165, 1.54) is 5.56 Å². The number of aryl methyl sites for hydroxylation is 5. The predicted octanol–water partition coefficient (Wildman–Crippen LogP) is 2.65. The predicted molar refractivity (Wildman–Crippen MR) is 97.8 cm³/mol. The van der Waals surface area contributed by atoms with Crippen molar-refractivity contribution >= 4 is 12.2 Å². The summed E-state index contributed by atoms with van der Waals surface area (Å²) in [5.74, 6) is 1.31. The Labute approximate surface area is 145 Å². The van der Waals surface area contributed by atoms with Crippen LogP contribution in [0.2, 0.25) is 0 Å². The van der Waals surface area contributed by atoms with Gasteiger partial charge in [0.05, 0.1) is 5.69 Å². The normalized spacial score (nSPS) is 11.6. The fourth-order valence-corrected chi connectivity index (χ4v) is 3.46. The topological polar surface area (TPSA) is 60.9 Å². The number of nitrogens with zero attached hydrogens (tertiary/aromatic N) is 6. The van der Waals surface area contributed by atoms with E-state index < -0.39 is 0 Å². The SMILES string of the molecule is C=c1nc(-n2nc(C)cc2C)n2nc(-c3c(C)cc(C)cc3C)nc12. The van der Waals surface area contributed by atoms with Crippen molar-refractivity contribution in [2.24, 2.45) is 0 Å². The van der Waals surface area contributed by atoms with E-state index in [9.17, 15) is 0 Å². The highest BCUT2D eigenvalue weighted by molar-refractivity contribution is 5.67. The van der Waals surface area contributed by atoms with Crippen LogP contribution in [-0.2, 0) is 0 Å². The summed E-state index contributed by atoms with van der Waals surface area (Å²) in [4.78, 5) is 9.22. The van der Waals surface area contributed by atoms with Crippen LogP contribution in [0.4, 0.5) is 0 Å². The van der Waals surface area contributed by atoms with Gasteiger partial charge in [0.2, 0.25) is 0 Å². The highest BCUT2D eigenvalue weighted by Gasteiger charge is 2.19. The highest BCUT2D eigenvalue weighted by atomic mass is 15.5. The summed E-state index contributed by atoms with van der Waals surface area (Å²) in [6.45, 7) is 14.3. The van der Waals surface area contributed by atoms with Crippen molar-refractivity contribution in [1.82, 2.24) is 29.4 Å². The lowest BCUT2D eigenvalue weighted by Gasteiger charge is -2.07. The molecule has 0 bridgehead atoms. The molecule has 0 saturated heterocycles. The van der Waals surface area contributed by atoms with Crippen molar-refractivity contribution in [3.63, 3.8) is 0 Å². The van der Waals surface area contributed by atoms with Gasteiger partial charge in [0, 0.05) is 11.3 Å². The summed E-state index contributed by atoms with van der Waals surface area (Å²) in [7, 11) is 0. The van der Waals surface area contributed by atoms with Crippen molar-refractivity contribution in [2.45, 2.75) is 34.6 Å². The molecular weight excluding hydrogens is 312 g/mol. The Balaban J connectivity index is 1.98. The second kappa shape index (κ2) is 5.24. The number of fused-ring (bicyclic) bond motifs is 1. The van der Waals surface area contributed by atoms with E-state index >= 15 is 0 Å². The van der Waals surface area contributed by atoms with Crippen LogP contribution >= 0.6 is 0 Å². The van der Waals surface area contributed by atoms with Crippen molar-refractivity contribution in [3.05, 3.63) is 51.6 Å². The maximum absolute atomic E-state index is 4.72. The minimum atomic E-state index is 0.601. The molecule has 0 aliphatic rings. The zero-order valence-corrected chi connectivity index (χ0v) is 15.1. The number of imidazole rings is 1. The summed E-state index contributed by atoms with van der Waals surface area (Å²) in [5, 5.41) is 9.84. The molecule has 0 amide bonds. The second-order valence-electron chi connectivity index (χ2n) is 6.64. The molecule has 4 aromatic rings. The second-order valence-corrected chi connectivity index (χ2v) is 6.64. The summed E-state index contributed by atoms with van der Waals surface area (Å²) in [5.41, 5.74) is 7.22. The lowest BCUT2D eigenvalue weighted by molar-refractivity contribution is 0.744. The van der Waals surface area contributed by atoms with Crippen LogP contribution in [-0.4, -0.2) is 29.4 Å². The Hall–Kier alpha value is -3.02. The van der Waals surface area contributed by atoms with Crippen molar-refractivity contribution in [2.75, 3.05) is 0 Å². The van der Waals surface area contributed by atoms with Crippen LogP contribution in [0.3, 0.4) is 0 Å². The van der Waals surface area contributed by atoms with Crippen molar-refractivity contribution in [1.29, 1.82) is 0 Å². The molecule has 0 fully saturated rings. The summed E-state index contributed by atoms with van der Waals surface area (Å²) in [6, 6.07) is 6.31. The fraction of sp³-hybridized carbons (Fsp3) is 0.263. The van der Waals surface area contributed by atoms with E-state index in [2.05, 4.69) is 49.6 Å². The quantitative estimate of drug-likeness (QED) is 0.566. The standard InChI is InChI=1S/C19H20N6/c1-10-7-11(2)16(12(3)8-10)17-21-18-15(6)20-19(25(18)23-17)24-14(5)9-13(4)22-24/h7-9H,6H2,1-5H3. The Kier molecular flexibility index (Phi) is 3.25. The van der Waals surface area contributed by atoms with Crippen LogP contribution in [0.25, 0.3) is 29.6 Å². The van der Waals surface area contributed by atoms with E-state index in [0.29, 0.717) is 22.8 Å². The third-order valence-electron chi connectivity index (χ3n) is 4.39. The van der Waals surface area contributed by atoms with Crippen LogP contribution in [0.15, 0.2) is 18.2 Å². The van der Waals surface area contributed by atoms with Crippen LogP contribution < -0.4 is 5.35 Å².